The number of nitrogens with zero attached hydrogens (tertiary/aromatic N) is 4. The normalized spacial score (nSPS) is 25.3. The lowest BCUT2D eigenvalue weighted by atomic mass is 9.53. The fourth-order valence-electron chi connectivity index (χ4n) is 9.18. The van der Waals surface area contributed by atoms with E-state index in [0.29, 0.717) is 36.1 Å². The van der Waals surface area contributed by atoms with E-state index in [9.17, 15) is 24.0 Å². The number of guanidine groups is 1. The van der Waals surface area contributed by atoms with E-state index in [1.54, 1.807) is 14.0 Å². The monoisotopic (exact) mass is 766 g/mol. The summed E-state index contributed by atoms with van der Waals surface area (Å²) in [5, 5.41) is 5.39. The Balaban J connectivity index is 1.20. The number of benzene rings is 1. The Kier molecular flexibility index (Phi) is 12.1. The van der Waals surface area contributed by atoms with Crippen molar-refractivity contribution in [1.82, 2.24) is 25.3 Å². The summed E-state index contributed by atoms with van der Waals surface area (Å²) in [4.78, 5) is 74.3. The molecule has 2 saturated heterocycles. The summed E-state index contributed by atoms with van der Waals surface area (Å²) < 4.78 is 24.1. The Bertz CT molecular complexity index is 1730. The minimum atomic E-state index is -0.753. The lowest BCUT2D eigenvalue weighted by Crippen LogP contribution is -2.64. The number of methoxy groups -OCH3 is 1. The van der Waals surface area contributed by atoms with Crippen LogP contribution in [0.15, 0.2) is 29.0 Å². The molecule has 6 rings (SSSR count). The Hall–Kier alpha value is -5.06. The zero-order valence-electron chi connectivity index (χ0n) is 32.1. The first kappa shape index (κ1) is 39.6. The summed E-state index contributed by atoms with van der Waals surface area (Å²) >= 11 is 0. The predicted octanol–water partition coefficient (Wildman–Crippen LogP) is 1.02. The van der Waals surface area contributed by atoms with Crippen molar-refractivity contribution in [2.75, 3.05) is 66.6 Å². The van der Waals surface area contributed by atoms with Gasteiger partial charge in [0.05, 0.1) is 26.3 Å². The van der Waals surface area contributed by atoms with Crippen molar-refractivity contribution in [3.63, 3.8) is 0 Å². The minimum Gasteiger partial charge on any atom is -0.493 e. The number of Topliss-reactive ketones (excluding diaryl/α,β-unsaturated/α-hetero) is 1. The summed E-state index contributed by atoms with van der Waals surface area (Å²) in [7, 11) is 3.80. The van der Waals surface area contributed by atoms with Gasteiger partial charge in [0.1, 0.15) is 5.76 Å². The molecule has 4 amide bonds. The van der Waals surface area contributed by atoms with Crippen molar-refractivity contribution in [1.29, 1.82) is 0 Å². The number of nitrogens with one attached hydrogen (secondary N) is 2. The van der Waals surface area contributed by atoms with Gasteiger partial charge in [-0.1, -0.05) is 6.07 Å². The third-order valence-corrected chi connectivity index (χ3v) is 11.8. The smallest absolute Gasteiger partial charge is 0.415 e. The van der Waals surface area contributed by atoms with Crippen molar-refractivity contribution in [2.24, 2.45) is 28.3 Å². The minimum absolute atomic E-state index is 0.0286. The largest absolute Gasteiger partial charge is 0.493 e. The highest BCUT2D eigenvalue weighted by Crippen LogP contribution is 2.63. The molecule has 2 aliphatic carbocycles. The second kappa shape index (κ2) is 16.8. The molecule has 6 N–H and O–H groups in total. The van der Waals surface area contributed by atoms with E-state index in [0.717, 1.165) is 25.8 Å². The van der Waals surface area contributed by atoms with Gasteiger partial charge in [0.25, 0.3) is 0 Å². The van der Waals surface area contributed by atoms with Crippen LogP contribution in [0, 0.1) is 11.8 Å². The molecule has 3 heterocycles. The molecule has 0 radical (unpaired) electrons. The quantitative estimate of drug-likeness (QED) is 0.119. The van der Waals surface area contributed by atoms with E-state index < -0.39 is 36.2 Å². The van der Waals surface area contributed by atoms with Gasteiger partial charge < -0.3 is 50.8 Å². The van der Waals surface area contributed by atoms with Gasteiger partial charge in [-0.15, -0.1) is 0 Å². The number of likely N-dealkylation sites (tertiary alicyclic amines) is 1. The molecule has 17 heteroatoms. The second-order valence-electron chi connectivity index (χ2n) is 15.0. The second-order valence-corrected chi connectivity index (χ2v) is 15.0. The summed E-state index contributed by atoms with van der Waals surface area (Å²) in [6.07, 6.45) is 3.39. The van der Waals surface area contributed by atoms with Crippen molar-refractivity contribution in [3.8, 4) is 11.5 Å². The van der Waals surface area contributed by atoms with Crippen LogP contribution in [0.4, 0.5) is 9.59 Å². The molecule has 300 valence electrons. The molecule has 0 unspecified atom stereocenters. The van der Waals surface area contributed by atoms with Crippen LogP contribution in [-0.2, 0) is 35.7 Å². The standard InChI is InChI=1S/C38H54N8O9/c1-5-53-36(50)45-15-16-46(25(21-45)19-43-34(49)24(7-6-13-41-35(39)40)17-26(48)20-42-22(2)47)37(51)54-30-11-9-27-28-18-23-8-10-29(52-4)32-31(23)38(27,33(30)55-32)12-14-44(28)3/h8,10-11,24-25,27-28,33H,5-7,9,12-21H2,1-4H3,(H,42,47)(H,43,49)(H4,39,40,41)/t24-,25+,27+,28-,33+,38+/m1/s1. The topological polar surface area (TPSA) is 220 Å². The number of hydrogen-bond acceptors (Lipinski definition) is 11. The number of likely N-dealkylation sites (N-methyl/N-ethyl adjacent to an activating group) is 1. The number of hydrogen-bond donors (Lipinski definition) is 4. The Morgan fingerprint density at radius 2 is 1.91 bits per heavy atom. The number of rotatable bonds is 14. The highest BCUT2D eigenvalue weighted by atomic mass is 16.6. The number of aliphatic imine (C=N–C) groups is 1. The van der Waals surface area contributed by atoms with Gasteiger partial charge in [0, 0.05) is 69.0 Å². The Morgan fingerprint density at radius 1 is 1.11 bits per heavy atom. The van der Waals surface area contributed by atoms with Crippen LogP contribution in [0.2, 0.25) is 0 Å². The van der Waals surface area contributed by atoms with Gasteiger partial charge in [-0.25, -0.2) is 9.59 Å². The fraction of sp³-hybridized carbons (Fsp3) is 0.632. The number of piperazine rings is 1. The number of carbonyl (C=O) groups excluding carboxylic acids is 5. The first-order valence-electron chi connectivity index (χ1n) is 19.1. The molecule has 6 atom stereocenters. The van der Waals surface area contributed by atoms with Crippen molar-refractivity contribution < 1.29 is 42.9 Å². The molecule has 5 aliphatic rings. The van der Waals surface area contributed by atoms with Crippen LogP contribution in [0.25, 0.3) is 0 Å². The molecule has 2 fully saturated rings. The number of nitrogens with two attached hydrogens (primary N) is 2. The van der Waals surface area contributed by atoms with Crippen LogP contribution in [0.5, 0.6) is 11.5 Å². The number of piperidine rings is 1. The molecule has 0 saturated carbocycles. The zero-order chi connectivity index (χ0) is 39.4. The summed E-state index contributed by atoms with van der Waals surface area (Å²) in [6, 6.07) is 3.72. The first-order valence-corrected chi connectivity index (χ1v) is 19.1. The third kappa shape index (κ3) is 8.02. The van der Waals surface area contributed by atoms with Crippen molar-refractivity contribution >= 4 is 35.7 Å². The maximum Gasteiger partial charge on any atom is 0.415 e. The number of ether oxygens (including phenoxy) is 4. The number of amides is 4. The molecule has 1 aromatic rings. The Morgan fingerprint density at radius 3 is 2.64 bits per heavy atom. The van der Waals surface area contributed by atoms with Crippen molar-refractivity contribution in [2.45, 2.75) is 76.0 Å². The van der Waals surface area contributed by atoms with Gasteiger partial charge in [-0.05, 0) is 76.2 Å². The summed E-state index contributed by atoms with van der Waals surface area (Å²) in [5.74, 6) is 0.170. The maximum atomic E-state index is 14.2. The van der Waals surface area contributed by atoms with Crippen LogP contribution < -0.4 is 31.6 Å². The predicted molar refractivity (Wildman–Crippen MR) is 200 cm³/mol. The average Bonchev–Trinajstić information content (AvgIpc) is 3.51. The van der Waals surface area contributed by atoms with E-state index in [1.165, 1.54) is 27.9 Å². The van der Waals surface area contributed by atoms with E-state index in [2.05, 4.69) is 33.6 Å². The fourth-order valence-corrected chi connectivity index (χ4v) is 9.18. The SMILES string of the molecule is CCOC(=O)N1CCN(C(=O)OC2=CC[C@H]3[C@H]4Cc5ccc(OC)c6c5[C@@]3(CCN4C)[C@H]2O6)[C@@H](CNC(=O)[C@H](CCCN=C(N)N)CC(=O)CNC(C)=O)C1. The van der Waals surface area contributed by atoms with Crippen LogP contribution in [-0.4, -0.2) is 135 Å². The van der Waals surface area contributed by atoms with Gasteiger partial charge in [-0.2, -0.15) is 0 Å². The molecule has 0 aromatic heterocycles. The highest BCUT2D eigenvalue weighted by Gasteiger charge is 2.65. The van der Waals surface area contributed by atoms with Crippen LogP contribution in [0.1, 0.15) is 57.1 Å². The molecule has 55 heavy (non-hydrogen) atoms. The first-order chi connectivity index (χ1) is 26.4. The van der Waals surface area contributed by atoms with Crippen LogP contribution >= 0.6 is 0 Å². The molecule has 2 bridgehead atoms. The summed E-state index contributed by atoms with van der Waals surface area (Å²) in [6.45, 7) is 4.53. The van der Waals surface area contributed by atoms with Gasteiger partial charge in [-0.3, -0.25) is 24.3 Å². The van der Waals surface area contributed by atoms with E-state index in [4.69, 9.17) is 30.4 Å². The molecule has 1 spiro atoms. The molecule has 1 aromatic carbocycles. The molecular weight excluding hydrogens is 712 g/mol. The molecule has 17 nitrogen and oxygen atoms in total. The number of allylic oxidation sites excluding steroid dienone is 1. The zero-order valence-corrected chi connectivity index (χ0v) is 32.1. The van der Waals surface area contributed by atoms with Crippen LogP contribution in [0.3, 0.4) is 0 Å². The average molecular weight is 767 g/mol. The van der Waals surface area contributed by atoms with Gasteiger partial charge >= 0.3 is 12.2 Å². The van der Waals surface area contributed by atoms with E-state index in [1.807, 2.05) is 12.1 Å². The molecule has 3 aliphatic heterocycles. The van der Waals surface area contributed by atoms with Gasteiger partial charge in [0.2, 0.25) is 11.8 Å². The number of carbonyl (C=O) groups is 5. The van der Waals surface area contributed by atoms with E-state index in [-0.39, 0.29) is 81.3 Å². The molecular formula is C38H54N8O9. The third-order valence-electron chi connectivity index (χ3n) is 11.8. The van der Waals surface area contributed by atoms with E-state index >= 15 is 0 Å². The lowest BCUT2D eigenvalue weighted by molar-refractivity contribution is -0.130. The lowest BCUT2D eigenvalue weighted by Gasteiger charge is -2.56. The Labute approximate surface area is 321 Å². The summed E-state index contributed by atoms with van der Waals surface area (Å²) in [5.41, 5.74) is 12.9. The maximum absolute atomic E-state index is 14.2. The van der Waals surface area contributed by atoms with Gasteiger partial charge in [0.15, 0.2) is 29.3 Å². The number of ketones is 1. The van der Waals surface area contributed by atoms with Crippen molar-refractivity contribution in [3.05, 3.63) is 35.1 Å². The highest BCUT2D eigenvalue weighted by molar-refractivity contribution is 5.89.